The molecule has 0 aliphatic rings. The maximum absolute atomic E-state index is 9.32. The van der Waals surface area contributed by atoms with Crippen molar-refractivity contribution in [1.82, 2.24) is 4.98 Å². The van der Waals surface area contributed by atoms with Crippen molar-refractivity contribution in [3.63, 3.8) is 0 Å². The molecule has 2 aromatic rings. The summed E-state index contributed by atoms with van der Waals surface area (Å²) < 4.78 is 5.90. The molecule has 0 unspecified atom stereocenters. The van der Waals surface area contributed by atoms with Crippen LogP contribution in [-0.2, 0) is 13.2 Å². The topological polar surface area (TPSA) is 68.4 Å². The Bertz CT molecular complexity index is 582. The number of nitrogens with two attached hydrogens (primary N) is 1. The minimum atomic E-state index is -0.0584. The molecule has 1 aromatic heterocycles. The van der Waals surface area contributed by atoms with E-state index in [0.29, 0.717) is 18.0 Å². The SMILES string of the molecule is Cc1cc(Oc2ccccc2CO)c(CN)c(C)n1. The summed E-state index contributed by atoms with van der Waals surface area (Å²) >= 11 is 0. The molecule has 0 aliphatic heterocycles. The van der Waals surface area contributed by atoms with Crippen molar-refractivity contribution in [2.75, 3.05) is 0 Å². The van der Waals surface area contributed by atoms with Gasteiger partial charge in [-0.1, -0.05) is 18.2 Å². The Morgan fingerprint density at radius 3 is 2.63 bits per heavy atom. The standard InChI is InChI=1S/C15H18N2O2/c1-10-7-15(13(8-16)11(2)17-10)19-14-6-4-3-5-12(14)9-18/h3-7,18H,8-9,16H2,1-2H3. The molecule has 0 fully saturated rings. The number of aryl methyl sites for hydroxylation is 2. The molecular formula is C15H18N2O2. The van der Waals surface area contributed by atoms with Crippen LogP contribution in [0.1, 0.15) is 22.5 Å². The second kappa shape index (κ2) is 5.82. The van der Waals surface area contributed by atoms with Crippen molar-refractivity contribution >= 4 is 0 Å². The molecule has 0 aliphatic carbocycles. The van der Waals surface area contributed by atoms with Crippen LogP contribution in [-0.4, -0.2) is 10.1 Å². The number of aliphatic hydroxyl groups excluding tert-OH is 1. The maximum atomic E-state index is 9.32. The van der Waals surface area contributed by atoms with E-state index in [1.165, 1.54) is 0 Å². The van der Waals surface area contributed by atoms with Gasteiger partial charge >= 0.3 is 0 Å². The van der Waals surface area contributed by atoms with Gasteiger partial charge in [-0.05, 0) is 19.9 Å². The van der Waals surface area contributed by atoms with Crippen LogP contribution in [0.2, 0.25) is 0 Å². The van der Waals surface area contributed by atoms with Gasteiger partial charge in [0.1, 0.15) is 11.5 Å². The number of rotatable bonds is 4. The Morgan fingerprint density at radius 2 is 1.95 bits per heavy atom. The molecule has 0 radical (unpaired) electrons. The largest absolute Gasteiger partial charge is 0.457 e. The first kappa shape index (κ1) is 13.5. The number of ether oxygens (including phenoxy) is 1. The molecule has 100 valence electrons. The summed E-state index contributed by atoms with van der Waals surface area (Å²) in [5.41, 5.74) is 9.15. The molecule has 0 saturated carbocycles. The Morgan fingerprint density at radius 1 is 1.21 bits per heavy atom. The molecule has 0 bridgehead atoms. The molecular weight excluding hydrogens is 240 g/mol. The lowest BCUT2D eigenvalue weighted by molar-refractivity contribution is 0.276. The molecule has 19 heavy (non-hydrogen) atoms. The van der Waals surface area contributed by atoms with Crippen LogP contribution >= 0.6 is 0 Å². The number of aromatic nitrogens is 1. The lowest BCUT2D eigenvalue weighted by atomic mass is 10.1. The highest BCUT2D eigenvalue weighted by molar-refractivity contribution is 5.43. The number of benzene rings is 1. The van der Waals surface area contributed by atoms with Gasteiger partial charge in [-0.2, -0.15) is 0 Å². The zero-order valence-corrected chi connectivity index (χ0v) is 11.2. The van der Waals surface area contributed by atoms with Crippen LogP contribution in [0.25, 0.3) is 0 Å². The van der Waals surface area contributed by atoms with E-state index in [1.807, 2.05) is 44.2 Å². The van der Waals surface area contributed by atoms with Gasteiger partial charge in [0.2, 0.25) is 0 Å². The summed E-state index contributed by atoms with van der Waals surface area (Å²) in [4.78, 5) is 4.38. The average Bonchev–Trinajstić information content (AvgIpc) is 2.39. The van der Waals surface area contributed by atoms with Gasteiger partial charge in [0.25, 0.3) is 0 Å². The van der Waals surface area contributed by atoms with Crippen LogP contribution in [0.3, 0.4) is 0 Å². The summed E-state index contributed by atoms with van der Waals surface area (Å²) in [6.45, 7) is 4.14. The van der Waals surface area contributed by atoms with E-state index in [4.69, 9.17) is 10.5 Å². The van der Waals surface area contributed by atoms with Gasteiger partial charge in [0.05, 0.1) is 6.61 Å². The van der Waals surface area contributed by atoms with Crippen molar-refractivity contribution in [3.05, 3.63) is 52.8 Å². The molecule has 0 spiro atoms. The molecule has 0 amide bonds. The van der Waals surface area contributed by atoms with Crippen molar-refractivity contribution in [3.8, 4) is 11.5 Å². The Kier molecular flexibility index (Phi) is 4.14. The van der Waals surface area contributed by atoms with Gasteiger partial charge < -0.3 is 15.6 Å². The fraction of sp³-hybridized carbons (Fsp3) is 0.267. The zero-order chi connectivity index (χ0) is 13.8. The molecule has 2 rings (SSSR count). The minimum Gasteiger partial charge on any atom is -0.457 e. The Hall–Kier alpha value is -1.91. The molecule has 4 nitrogen and oxygen atoms in total. The predicted octanol–water partition coefficient (Wildman–Crippen LogP) is 2.44. The van der Waals surface area contributed by atoms with Crippen molar-refractivity contribution in [1.29, 1.82) is 0 Å². The number of para-hydroxylation sites is 1. The average molecular weight is 258 g/mol. The zero-order valence-electron chi connectivity index (χ0n) is 11.2. The normalized spacial score (nSPS) is 10.5. The van der Waals surface area contributed by atoms with E-state index in [-0.39, 0.29) is 6.61 Å². The Labute approximate surface area is 112 Å². The summed E-state index contributed by atoms with van der Waals surface area (Å²) in [6, 6.07) is 9.27. The van der Waals surface area contributed by atoms with E-state index in [0.717, 1.165) is 22.5 Å². The number of pyridine rings is 1. The van der Waals surface area contributed by atoms with E-state index in [2.05, 4.69) is 4.98 Å². The summed E-state index contributed by atoms with van der Waals surface area (Å²) in [5.74, 6) is 1.35. The van der Waals surface area contributed by atoms with Gasteiger partial charge in [0.15, 0.2) is 0 Å². The fourth-order valence-corrected chi connectivity index (χ4v) is 2.01. The number of aliphatic hydroxyl groups is 1. The molecule has 1 heterocycles. The Balaban J connectivity index is 2.43. The molecule has 0 saturated heterocycles. The van der Waals surface area contributed by atoms with Crippen LogP contribution in [0.15, 0.2) is 30.3 Å². The highest BCUT2D eigenvalue weighted by Crippen LogP contribution is 2.29. The maximum Gasteiger partial charge on any atom is 0.135 e. The van der Waals surface area contributed by atoms with Crippen LogP contribution in [0.5, 0.6) is 11.5 Å². The third kappa shape index (κ3) is 2.92. The van der Waals surface area contributed by atoms with E-state index in [1.54, 1.807) is 0 Å². The third-order valence-corrected chi connectivity index (χ3v) is 2.99. The van der Waals surface area contributed by atoms with E-state index < -0.39 is 0 Å². The molecule has 4 heteroatoms. The predicted molar refractivity (Wildman–Crippen MR) is 74.0 cm³/mol. The van der Waals surface area contributed by atoms with Crippen LogP contribution < -0.4 is 10.5 Å². The molecule has 0 atom stereocenters. The second-order valence-electron chi connectivity index (χ2n) is 4.40. The van der Waals surface area contributed by atoms with E-state index >= 15 is 0 Å². The van der Waals surface area contributed by atoms with Gasteiger partial charge in [0, 0.05) is 35.1 Å². The molecule has 1 aromatic carbocycles. The quantitative estimate of drug-likeness (QED) is 0.883. The van der Waals surface area contributed by atoms with Gasteiger partial charge in [-0.15, -0.1) is 0 Å². The first-order valence-corrected chi connectivity index (χ1v) is 6.19. The highest BCUT2D eigenvalue weighted by atomic mass is 16.5. The van der Waals surface area contributed by atoms with E-state index in [9.17, 15) is 5.11 Å². The number of hydrogen-bond donors (Lipinski definition) is 2. The summed E-state index contributed by atoms with van der Waals surface area (Å²) in [7, 11) is 0. The highest BCUT2D eigenvalue weighted by Gasteiger charge is 2.11. The third-order valence-electron chi connectivity index (χ3n) is 2.99. The smallest absolute Gasteiger partial charge is 0.135 e. The fourth-order valence-electron chi connectivity index (χ4n) is 2.01. The second-order valence-corrected chi connectivity index (χ2v) is 4.40. The number of hydrogen-bond acceptors (Lipinski definition) is 4. The minimum absolute atomic E-state index is 0.0584. The number of nitrogens with zero attached hydrogens (tertiary/aromatic N) is 1. The summed E-state index contributed by atoms with van der Waals surface area (Å²) in [5, 5.41) is 9.32. The summed E-state index contributed by atoms with van der Waals surface area (Å²) in [6.07, 6.45) is 0. The molecule has 3 N–H and O–H groups in total. The lowest BCUT2D eigenvalue weighted by Crippen LogP contribution is -2.05. The van der Waals surface area contributed by atoms with Crippen molar-refractivity contribution in [2.24, 2.45) is 5.73 Å². The van der Waals surface area contributed by atoms with Gasteiger partial charge in [-0.3, -0.25) is 4.98 Å². The van der Waals surface area contributed by atoms with Crippen LogP contribution in [0, 0.1) is 13.8 Å². The monoisotopic (exact) mass is 258 g/mol. The van der Waals surface area contributed by atoms with Crippen molar-refractivity contribution in [2.45, 2.75) is 27.0 Å². The van der Waals surface area contributed by atoms with Crippen LogP contribution in [0.4, 0.5) is 0 Å². The first-order chi connectivity index (χ1) is 9.15. The first-order valence-electron chi connectivity index (χ1n) is 6.19. The lowest BCUT2D eigenvalue weighted by Gasteiger charge is -2.14. The van der Waals surface area contributed by atoms with Gasteiger partial charge in [-0.25, -0.2) is 0 Å². The van der Waals surface area contributed by atoms with Crippen molar-refractivity contribution < 1.29 is 9.84 Å².